The van der Waals surface area contributed by atoms with Crippen LogP contribution in [-0.4, -0.2) is 59.9 Å². The zero-order chi connectivity index (χ0) is 14.8. The number of aryl methyl sites for hydroxylation is 1. The van der Waals surface area contributed by atoms with Gasteiger partial charge in [-0.1, -0.05) is 18.2 Å². The molecule has 1 aromatic carbocycles. The summed E-state index contributed by atoms with van der Waals surface area (Å²) in [5, 5.41) is 1.08. The van der Waals surface area contributed by atoms with Crippen LogP contribution in [0.3, 0.4) is 0 Å². The number of carbonyl (C=O) groups is 1. The number of benzene rings is 1. The highest BCUT2D eigenvalue weighted by Crippen LogP contribution is 2.22. The van der Waals surface area contributed by atoms with Crippen LogP contribution < -0.4 is 0 Å². The Morgan fingerprint density at radius 2 is 1.86 bits per heavy atom. The molecule has 0 atom stereocenters. The molecule has 2 aromatic rings. The van der Waals surface area contributed by atoms with E-state index >= 15 is 0 Å². The fraction of sp³-hybridized carbons (Fsp3) is 0.471. The second-order valence-corrected chi connectivity index (χ2v) is 5.85. The number of fused-ring (bicyclic) bond motifs is 1. The summed E-state index contributed by atoms with van der Waals surface area (Å²) in [5.74, 6) is 0.239. The molecule has 1 saturated heterocycles. The second kappa shape index (κ2) is 6.00. The molecule has 1 aliphatic heterocycles. The van der Waals surface area contributed by atoms with Crippen LogP contribution in [0.2, 0.25) is 0 Å². The zero-order valence-corrected chi connectivity index (χ0v) is 12.9. The molecule has 0 aliphatic carbocycles. The zero-order valence-electron chi connectivity index (χ0n) is 12.9. The van der Waals surface area contributed by atoms with E-state index in [0.29, 0.717) is 6.54 Å². The van der Waals surface area contributed by atoms with Crippen molar-refractivity contribution in [3.05, 3.63) is 36.0 Å². The summed E-state index contributed by atoms with van der Waals surface area (Å²) in [7, 11) is 2.13. The predicted octanol–water partition coefficient (Wildman–Crippen LogP) is 2.09. The highest BCUT2D eigenvalue weighted by Gasteiger charge is 2.20. The minimum absolute atomic E-state index is 0.239. The lowest BCUT2D eigenvalue weighted by Crippen LogP contribution is -2.46. The average molecular weight is 285 g/mol. The number of aromatic nitrogens is 1. The van der Waals surface area contributed by atoms with Crippen LogP contribution in [0.1, 0.15) is 17.3 Å². The van der Waals surface area contributed by atoms with Gasteiger partial charge in [0.05, 0.1) is 6.54 Å². The minimum Gasteiger partial charge on any atom is -0.347 e. The summed E-state index contributed by atoms with van der Waals surface area (Å²) >= 11 is 0. The number of likely N-dealkylation sites (N-methyl/N-ethyl adjacent to an activating group) is 1. The lowest BCUT2D eigenvalue weighted by atomic mass is 10.1. The molecule has 0 bridgehead atoms. The normalized spacial score (nSPS) is 17.4. The highest BCUT2D eigenvalue weighted by atomic mass is 16.1. The van der Waals surface area contributed by atoms with Crippen LogP contribution in [0.25, 0.3) is 10.9 Å². The van der Waals surface area contributed by atoms with E-state index in [0.717, 1.165) is 49.2 Å². The third-order valence-corrected chi connectivity index (χ3v) is 4.39. The van der Waals surface area contributed by atoms with Crippen molar-refractivity contribution in [1.82, 2.24) is 14.4 Å². The fourth-order valence-electron chi connectivity index (χ4n) is 3.02. The van der Waals surface area contributed by atoms with Gasteiger partial charge in [0.2, 0.25) is 0 Å². The topological polar surface area (TPSA) is 28.5 Å². The van der Waals surface area contributed by atoms with Gasteiger partial charge in [-0.15, -0.1) is 0 Å². The van der Waals surface area contributed by atoms with Crippen LogP contribution in [0, 0.1) is 0 Å². The summed E-state index contributed by atoms with van der Waals surface area (Å²) in [5.41, 5.74) is 2.02. The predicted molar refractivity (Wildman–Crippen MR) is 85.9 cm³/mol. The Morgan fingerprint density at radius 1 is 1.14 bits per heavy atom. The maximum absolute atomic E-state index is 12.7. The molecule has 0 N–H and O–H groups in total. The molecular formula is C17H23N3O. The average Bonchev–Trinajstić information content (AvgIpc) is 2.88. The van der Waals surface area contributed by atoms with Crippen molar-refractivity contribution in [3.63, 3.8) is 0 Å². The Morgan fingerprint density at radius 3 is 2.57 bits per heavy atom. The lowest BCUT2D eigenvalue weighted by molar-refractivity contribution is 0.0878. The van der Waals surface area contributed by atoms with Crippen LogP contribution in [0.5, 0.6) is 0 Å². The van der Waals surface area contributed by atoms with Gasteiger partial charge >= 0.3 is 0 Å². The quantitative estimate of drug-likeness (QED) is 0.805. The molecule has 0 radical (unpaired) electrons. The Balaban J connectivity index is 1.81. The molecule has 21 heavy (non-hydrogen) atoms. The number of piperazine rings is 1. The van der Waals surface area contributed by atoms with E-state index in [4.69, 9.17) is 0 Å². The molecule has 0 spiro atoms. The van der Waals surface area contributed by atoms with Crippen molar-refractivity contribution < 1.29 is 4.79 Å². The highest BCUT2D eigenvalue weighted by molar-refractivity contribution is 6.09. The standard InChI is InChI=1S/C17H23N3O/c1-3-20-12-15(14-6-4-5-7-16(14)20)17(21)13-19-10-8-18(2)9-11-19/h4-7,12H,3,8-11,13H2,1-2H3. The summed E-state index contributed by atoms with van der Waals surface area (Å²) in [6, 6.07) is 8.18. The smallest absolute Gasteiger partial charge is 0.178 e. The van der Waals surface area contributed by atoms with Gasteiger partial charge in [0.25, 0.3) is 0 Å². The molecule has 1 fully saturated rings. The van der Waals surface area contributed by atoms with E-state index in [9.17, 15) is 4.79 Å². The SMILES string of the molecule is CCn1cc(C(=O)CN2CCN(C)CC2)c2ccccc21. The molecule has 4 nitrogen and oxygen atoms in total. The van der Waals surface area contributed by atoms with Crippen molar-refractivity contribution in [2.75, 3.05) is 39.8 Å². The summed E-state index contributed by atoms with van der Waals surface area (Å²) in [6.07, 6.45) is 2.02. The summed E-state index contributed by atoms with van der Waals surface area (Å²) < 4.78 is 2.16. The minimum atomic E-state index is 0.239. The van der Waals surface area contributed by atoms with E-state index in [1.54, 1.807) is 0 Å². The van der Waals surface area contributed by atoms with Gasteiger partial charge in [-0.05, 0) is 20.0 Å². The van der Waals surface area contributed by atoms with Crippen molar-refractivity contribution in [2.24, 2.45) is 0 Å². The van der Waals surface area contributed by atoms with E-state index in [1.165, 1.54) is 0 Å². The molecule has 0 unspecified atom stereocenters. The number of hydrogen-bond donors (Lipinski definition) is 0. The molecule has 3 rings (SSSR count). The second-order valence-electron chi connectivity index (χ2n) is 5.85. The van der Waals surface area contributed by atoms with Gasteiger partial charge in [0, 0.05) is 55.4 Å². The molecule has 0 saturated carbocycles. The van der Waals surface area contributed by atoms with E-state index in [-0.39, 0.29) is 5.78 Å². The largest absolute Gasteiger partial charge is 0.347 e. The first-order chi connectivity index (χ1) is 10.2. The maximum Gasteiger partial charge on any atom is 0.178 e. The van der Waals surface area contributed by atoms with Crippen molar-refractivity contribution in [2.45, 2.75) is 13.5 Å². The Hall–Kier alpha value is -1.65. The van der Waals surface area contributed by atoms with Crippen molar-refractivity contribution >= 4 is 16.7 Å². The van der Waals surface area contributed by atoms with Gasteiger partial charge in [0.1, 0.15) is 0 Å². The molecular weight excluding hydrogens is 262 g/mol. The van der Waals surface area contributed by atoms with Gasteiger partial charge < -0.3 is 9.47 Å². The Bertz CT molecular complexity index is 639. The van der Waals surface area contributed by atoms with Gasteiger partial charge in [-0.3, -0.25) is 9.69 Å². The third-order valence-electron chi connectivity index (χ3n) is 4.39. The number of hydrogen-bond acceptors (Lipinski definition) is 3. The Kier molecular flexibility index (Phi) is 4.08. The van der Waals surface area contributed by atoms with Crippen molar-refractivity contribution in [3.8, 4) is 0 Å². The molecule has 112 valence electrons. The van der Waals surface area contributed by atoms with Gasteiger partial charge in [0.15, 0.2) is 5.78 Å². The van der Waals surface area contributed by atoms with Crippen LogP contribution >= 0.6 is 0 Å². The van der Waals surface area contributed by atoms with Crippen LogP contribution in [-0.2, 0) is 6.54 Å². The molecule has 1 aromatic heterocycles. The monoisotopic (exact) mass is 285 g/mol. The number of carbonyl (C=O) groups excluding carboxylic acids is 1. The number of rotatable bonds is 4. The summed E-state index contributed by atoms with van der Waals surface area (Å²) in [6.45, 7) is 7.59. The molecule has 0 amide bonds. The van der Waals surface area contributed by atoms with E-state index in [2.05, 4.69) is 40.5 Å². The first-order valence-electron chi connectivity index (χ1n) is 7.71. The number of ketones is 1. The third kappa shape index (κ3) is 2.87. The molecule has 1 aliphatic rings. The van der Waals surface area contributed by atoms with Crippen LogP contribution in [0.4, 0.5) is 0 Å². The first kappa shape index (κ1) is 14.3. The maximum atomic E-state index is 12.7. The fourth-order valence-corrected chi connectivity index (χ4v) is 3.02. The number of nitrogens with zero attached hydrogens (tertiary/aromatic N) is 3. The number of Topliss-reactive ketones (excluding diaryl/α,β-unsaturated/α-hetero) is 1. The van der Waals surface area contributed by atoms with E-state index in [1.807, 2.05) is 18.3 Å². The van der Waals surface area contributed by atoms with E-state index < -0.39 is 0 Å². The number of para-hydroxylation sites is 1. The Labute approximate surface area is 125 Å². The van der Waals surface area contributed by atoms with Crippen LogP contribution in [0.15, 0.2) is 30.5 Å². The van der Waals surface area contributed by atoms with Gasteiger partial charge in [-0.2, -0.15) is 0 Å². The van der Waals surface area contributed by atoms with Gasteiger partial charge in [-0.25, -0.2) is 0 Å². The molecule has 4 heteroatoms. The first-order valence-corrected chi connectivity index (χ1v) is 7.71. The lowest BCUT2D eigenvalue weighted by Gasteiger charge is -2.31. The summed E-state index contributed by atoms with van der Waals surface area (Å²) in [4.78, 5) is 17.2. The van der Waals surface area contributed by atoms with Crippen molar-refractivity contribution in [1.29, 1.82) is 0 Å². The molecule has 2 heterocycles.